The van der Waals surface area contributed by atoms with Crippen molar-refractivity contribution in [2.75, 3.05) is 5.73 Å². The van der Waals surface area contributed by atoms with Gasteiger partial charge in [0.1, 0.15) is 5.82 Å². The summed E-state index contributed by atoms with van der Waals surface area (Å²) in [5.41, 5.74) is 9.20. The Morgan fingerprint density at radius 3 is 2.65 bits per heavy atom. The van der Waals surface area contributed by atoms with Crippen molar-refractivity contribution in [1.82, 2.24) is 9.55 Å². The van der Waals surface area contributed by atoms with E-state index in [1.54, 1.807) is 6.07 Å². The summed E-state index contributed by atoms with van der Waals surface area (Å²) in [7, 11) is 0. The zero-order valence-electron chi connectivity index (χ0n) is 10.9. The number of nitrogens with two attached hydrogens (primary N) is 1. The minimum atomic E-state index is 0.537. The number of nitrogen functional groups attached to an aromatic ring is 1. The van der Waals surface area contributed by atoms with Gasteiger partial charge in [0.2, 0.25) is 0 Å². The van der Waals surface area contributed by atoms with Crippen LogP contribution in [-0.2, 0) is 6.54 Å². The summed E-state index contributed by atoms with van der Waals surface area (Å²) in [5, 5.41) is 1.22. The van der Waals surface area contributed by atoms with Crippen molar-refractivity contribution in [2.45, 2.75) is 13.5 Å². The van der Waals surface area contributed by atoms with Gasteiger partial charge in [-0.3, -0.25) is 0 Å². The van der Waals surface area contributed by atoms with Gasteiger partial charge in [-0.15, -0.1) is 0 Å². The molecule has 1 aromatic heterocycles. The Bertz CT molecular complexity index is 793. The number of anilines is 1. The van der Waals surface area contributed by atoms with Crippen LogP contribution < -0.4 is 5.73 Å². The number of fused-ring (bicyclic) bond motifs is 1. The molecule has 0 saturated heterocycles. The first-order chi connectivity index (χ1) is 9.60. The third-order valence-corrected chi connectivity index (χ3v) is 3.85. The zero-order valence-corrected chi connectivity index (χ0v) is 12.4. The Balaban J connectivity index is 2.26. The number of benzene rings is 2. The van der Waals surface area contributed by atoms with E-state index in [9.17, 15) is 0 Å². The summed E-state index contributed by atoms with van der Waals surface area (Å²) in [6.45, 7) is 2.90. The number of hydrogen-bond acceptors (Lipinski definition) is 2. The Morgan fingerprint density at radius 1 is 1.15 bits per heavy atom. The fourth-order valence-corrected chi connectivity index (χ4v) is 2.66. The molecule has 3 aromatic rings. The van der Waals surface area contributed by atoms with Crippen LogP contribution in [0.15, 0.2) is 36.4 Å². The molecule has 0 saturated carbocycles. The second-order valence-electron chi connectivity index (χ2n) is 4.55. The van der Waals surface area contributed by atoms with Crippen LogP contribution in [-0.4, -0.2) is 9.55 Å². The van der Waals surface area contributed by atoms with Crippen molar-refractivity contribution in [3.05, 3.63) is 46.4 Å². The van der Waals surface area contributed by atoms with Crippen LogP contribution in [0.25, 0.3) is 22.4 Å². The van der Waals surface area contributed by atoms with Crippen molar-refractivity contribution < 1.29 is 0 Å². The summed E-state index contributed by atoms with van der Waals surface area (Å²) in [5.74, 6) is 0.867. The van der Waals surface area contributed by atoms with Crippen molar-refractivity contribution in [3.63, 3.8) is 0 Å². The highest BCUT2D eigenvalue weighted by atomic mass is 35.5. The molecule has 2 aromatic carbocycles. The van der Waals surface area contributed by atoms with Crippen LogP contribution in [0.3, 0.4) is 0 Å². The molecular weight excluding hydrogens is 293 g/mol. The van der Waals surface area contributed by atoms with E-state index in [0.29, 0.717) is 15.7 Å². The van der Waals surface area contributed by atoms with Crippen LogP contribution >= 0.6 is 23.2 Å². The monoisotopic (exact) mass is 305 g/mol. The average Bonchev–Trinajstić information content (AvgIpc) is 2.79. The summed E-state index contributed by atoms with van der Waals surface area (Å²) in [6.07, 6.45) is 0. The minimum absolute atomic E-state index is 0.537. The standard InChI is InChI=1S/C15H13Cl2N3/c1-2-20-14-6-4-10(16)8-13(14)19-15(20)9-3-5-12(18)11(17)7-9/h3-8H,2,18H2,1H3. The highest BCUT2D eigenvalue weighted by molar-refractivity contribution is 6.33. The quantitative estimate of drug-likeness (QED) is 0.702. The Morgan fingerprint density at radius 2 is 1.95 bits per heavy atom. The first-order valence-corrected chi connectivity index (χ1v) is 7.07. The van der Waals surface area contributed by atoms with Gasteiger partial charge >= 0.3 is 0 Å². The highest BCUT2D eigenvalue weighted by Crippen LogP contribution is 2.30. The molecule has 20 heavy (non-hydrogen) atoms. The molecule has 102 valence electrons. The van der Waals surface area contributed by atoms with Crippen molar-refractivity contribution >= 4 is 39.9 Å². The molecule has 0 spiro atoms. The molecule has 0 bridgehead atoms. The van der Waals surface area contributed by atoms with Gasteiger partial charge in [-0.25, -0.2) is 4.98 Å². The lowest BCUT2D eigenvalue weighted by atomic mass is 10.2. The SMILES string of the molecule is CCn1c(-c2ccc(N)c(Cl)c2)nc2cc(Cl)ccc21. The van der Waals surface area contributed by atoms with E-state index >= 15 is 0 Å². The number of aromatic nitrogens is 2. The second-order valence-corrected chi connectivity index (χ2v) is 5.39. The number of nitrogens with zero attached hydrogens (tertiary/aromatic N) is 2. The molecular formula is C15H13Cl2N3. The maximum absolute atomic E-state index is 6.10. The van der Waals surface area contributed by atoms with Gasteiger partial charge in [0, 0.05) is 17.1 Å². The van der Waals surface area contributed by atoms with Crippen molar-refractivity contribution in [1.29, 1.82) is 0 Å². The number of rotatable bonds is 2. The van der Waals surface area contributed by atoms with E-state index < -0.39 is 0 Å². The third-order valence-electron chi connectivity index (χ3n) is 3.29. The summed E-state index contributed by atoms with van der Waals surface area (Å²) < 4.78 is 2.13. The lowest BCUT2D eigenvalue weighted by Crippen LogP contribution is -1.97. The van der Waals surface area contributed by atoms with Gasteiger partial charge in [-0.1, -0.05) is 23.2 Å². The van der Waals surface area contributed by atoms with E-state index in [1.807, 2.05) is 30.3 Å². The summed E-state index contributed by atoms with van der Waals surface area (Å²) >= 11 is 12.1. The van der Waals surface area contributed by atoms with E-state index in [2.05, 4.69) is 16.5 Å². The van der Waals surface area contributed by atoms with Crippen molar-refractivity contribution in [2.24, 2.45) is 0 Å². The van der Waals surface area contributed by atoms with Gasteiger partial charge in [-0.2, -0.15) is 0 Å². The van der Waals surface area contributed by atoms with E-state index in [-0.39, 0.29) is 0 Å². The lowest BCUT2D eigenvalue weighted by molar-refractivity contribution is 0.796. The largest absolute Gasteiger partial charge is 0.398 e. The smallest absolute Gasteiger partial charge is 0.141 e. The maximum atomic E-state index is 6.10. The first kappa shape index (κ1) is 13.3. The molecule has 3 rings (SSSR count). The number of hydrogen-bond donors (Lipinski definition) is 1. The predicted octanol–water partition coefficient (Wildman–Crippen LogP) is 4.61. The van der Waals surface area contributed by atoms with Crippen LogP contribution in [0.4, 0.5) is 5.69 Å². The molecule has 0 amide bonds. The first-order valence-electron chi connectivity index (χ1n) is 6.31. The molecule has 2 N–H and O–H groups in total. The van der Waals surface area contributed by atoms with E-state index in [4.69, 9.17) is 28.9 Å². The second kappa shape index (κ2) is 5.00. The fourth-order valence-electron chi connectivity index (χ4n) is 2.31. The number of imidazole rings is 1. The highest BCUT2D eigenvalue weighted by Gasteiger charge is 2.12. The zero-order chi connectivity index (χ0) is 14.3. The Hall–Kier alpha value is -1.71. The molecule has 0 aliphatic rings. The Kier molecular flexibility index (Phi) is 3.32. The van der Waals surface area contributed by atoms with Gasteiger partial charge in [-0.05, 0) is 43.3 Å². The number of halogens is 2. The van der Waals surface area contributed by atoms with E-state index in [0.717, 1.165) is 29.0 Å². The van der Waals surface area contributed by atoms with Crippen molar-refractivity contribution in [3.8, 4) is 11.4 Å². The maximum Gasteiger partial charge on any atom is 0.141 e. The molecule has 0 aliphatic carbocycles. The van der Waals surface area contributed by atoms with Gasteiger partial charge in [0.05, 0.1) is 21.7 Å². The molecule has 0 fully saturated rings. The third kappa shape index (κ3) is 2.13. The Labute approximate surface area is 126 Å². The van der Waals surface area contributed by atoms with Gasteiger partial charge < -0.3 is 10.3 Å². The molecule has 0 atom stereocenters. The molecule has 0 unspecified atom stereocenters. The fraction of sp³-hybridized carbons (Fsp3) is 0.133. The lowest BCUT2D eigenvalue weighted by Gasteiger charge is -2.07. The molecule has 3 nitrogen and oxygen atoms in total. The molecule has 5 heteroatoms. The summed E-state index contributed by atoms with van der Waals surface area (Å²) in [6, 6.07) is 11.3. The number of aryl methyl sites for hydroxylation is 1. The topological polar surface area (TPSA) is 43.8 Å². The molecule has 0 radical (unpaired) electrons. The van der Waals surface area contributed by atoms with Gasteiger partial charge in [0.25, 0.3) is 0 Å². The van der Waals surface area contributed by atoms with Crippen LogP contribution in [0, 0.1) is 0 Å². The molecule has 1 heterocycles. The molecule has 0 aliphatic heterocycles. The predicted molar refractivity (Wildman–Crippen MR) is 85.3 cm³/mol. The normalized spacial score (nSPS) is 11.2. The van der Waals surface area contributed by atoms with Crippen LogP contribution in [0.5, 0.6) is 0 Å². The van der Waals surface area contributed by atoms with E-state index in [1.165, 1.54) is 0 Å². The average molecular weight is 306 g/mol. The summed E-state index contributed by atoms with van der Waals surface area (Å²) in [4.78, 5) is 4.66. The van der Waals surface area contributed by atoms with Gasteiger partial charge in [0.15, 0.2) is 0 Å². The van der Waals surface area contributed by atoms with Crippen LogP contribution in [0.1, 0.15) is 6.92 Å². The van der Waals surface area contributed by atoms with Crippen LogP contribution in [0.2, 0.25) is 10.0 Å². The minimum Gasteiger partial charge on any atom is -0.398 e.